The van der Waals surface area contributed by atoms with Crippen LogP contribution in [0, 0.1) is 17.6 Å². The molecule has 1 aromatic carbocycles. The Morgan fingerprint density at radius 1 is 1.14 bits per heavy atom. The molecule has 114 valence electrons. The minimum absolute atomic E-state index is 0.0361. The summed E-state index contributed by atoms with van der Waals surface area (Å²) in [5, 5.41) is 5.96. The van der Waals surface area contributed by atoms with Crippen molar-refractivity contribution in [1.29, 1.82) is 0 Å². The van der Waals surface area contributed by atoms with Crippen molar-refractivity contribution in [2.24, 2.45) is 5.92 Å². The van der Waals surface area contributed by atoms with Crippen molar-refractivity contribution in [3.8, 4) is 0 Å². The van der Waals surface area contributed by atoms with Crippen LogP contribution in [-0.4, -0.2) is 18.0 Å². The third kappa shape index (κ3) is 3.23. The zero-order valence-electron chi connectivity index (χ0n) is 11.9. The van der Waals surface area contributed by atoms with Crippen molar-refractivity contribution in [3.63, 3.8) is 0 Å². The van der Waals surface area contributed by atoms with Gasteiger partial charge >= 0.3 is 0 Å². The molecule has 1 amide bonds. The van der Waals surface area contributed by atoms with Crippen molar-refractivity contribution in [2.75, 3.05) is 5.32 Å². The van der Waals surface area contributed by atoms with Gasteiger partial charge in [0.15, 0.2) is 0 Å². The number of benzene rings is 1. The van der Waals surface area contributed by atoms with E-state index in [-0.39, 0.29) is 17.6 Å². The summed E-state index contributed by atoms with van der Waals surface area (Å²) < 4.78 is 26.4. The minimum atomic E-state index is -0.741. The number of piperidine rings is 1. The highest BCUT2D eigenvalue weighted by Crippen LogP contribution is 2.32. The highest BCUT2D eigenvalue weighted by molar-refractivity contribution is 5.95. The lowest BCUT2D eigenvalue weighted by atomic mass is 9.77. The van der Waals surface area contributed by atoms with Crippen LogP contribution >= 0.6 is 0 Å². The van der Waals surface area contributed by atoms with E-state index in [2.05, 4.69) is 10.6 Å². The standard InChI is InChI=1S/C16H20F2N2O/c17-11-6-8-14(12(18)9-11)20-16(21)15-7-5-10-3-1-2-4-13(10)19-15/h6,8-10,13,15,19H,1-5,7H2,(H,20,21). The van der Waals surface area contributed by atoms with Crippen LogP contribution < -0.4 is 10.6 Å². The molecule has 3 atom stereocenters. The maximum Gasteiger partial charge on any atom is 0.241 e. The fourth-order valence-corrected chi connectivity index (χ4v) is 3.51. The summed E-state index contributed by atoms with van der Waals surface area (Å²) in [5.74, 6) is -0.948. The lowest BCUT2D eigenvalue weighted by molar-refractivity contribution is -0.119. The molecule has 3 unspecified atom stereocenters. The van der Waals surface area contributed by atoms with E-state index in [0.717, 1.165) is 31.4 Å². The Kier molecular flexibility index (Phi) is 4.19. The molecule has 0 spiro atoms. The molecule has 2 aliphatic rings. The second kappa shape index (κ2) is 6.10. The van der Waals surface area contributed by atoms with E-state index < -0.39 is 11.6 Å². The first-order valence-electron chi connectivity index (χ1n) is 7.65. The van der Waals surface area contributed by atoms with Crippen LogP contribution in [0.25, 0.3) is 0 Å². The van der Waals surface area contributed by atoms with Gasteiger partial charge in [-0.05, 0) is 43.7 Å². The predicted octanol–water partition coefficient (Wildman–Crippen LogP) is 3.21. The quantitative estimate of drug-likeness (QED) is 0.879. The number of rotatable bonds is 2. The lowest BCUT2D eigenvalue weighted by Crippen LogP contribution is -2.53. The molecule has 0 radical (unpaired) electrons. The van der Waals surface area contributed by atoms with Crippen LogP contribution in [0.5, 0.6) is 0 Å². The smallest absolute Gasteiger partial charge is 0.241 e. The van der Waals surface area contributed by atoms with Gasteiger partial charge in [-0.3, -0.25) is 4.79 Å². The summed E-state index contributed by atoms with van der Waals surface area (Å²) in [4.78, 5) is 12.2. The fourth-order valence-electron chi connectivity index (χ4n) is 3.51. The van der Waals surface area contributed by atoms with Gasteiger partial charge in [-0.15, -0.1) is 0 Å². The predicted molar refractivity (Wildman–Crippen MR) is 76.9 cm³/mol. The first-order chi connectivity index (χ1) is 10.1. The maximum absolute atomic E-state index is 13.6. The number of hydrogen-bond acceptors (Lipinski definition) is 2. The molecule has 1 heterocycles. The lowest BCUT2D eigenvalue weighted by Gasteiger charge is -2.39. The summed E-state index contributed by atoms with van der Waals surface area (Å²) in [5.41, 5.74) is 0.0361. The number of nitrogens with one attached hydrogen (secondary N) is 2. The molecule has 0 aromatic heterocycles. The number of carbonyl (C=O) groups excluding carboxylic acids is 1. The second-order valence-corrected chi connectivity index (χ2v) is 6.06. The van der Waals surface area contributed by atoms with E-state index in [1.54, 1.807) is 0 Å². The van der Waals surface area contributed by atoms with Crippen molar-refractivity contribution < 1.29 is 13.6 Å². The molecule has 0 bridgehead atoms. The van der Waals surface area contributed by atoms with Crippen LogP contribution in [0.2, 0.25) is 0 Å². The van der Waals surface area contributed by atoms with E-state index in [4.69, 9.17) is 0 Å². The molecule has 1 saturated heterocycles. The molecule has 1 saturated carbocycles. The Balaban J connectivity index is 1.63. The summed E-state index contributed by atoms with van der Waals surface area (Å²) >= 11 is 0. The number of carbonyl (C=O) groups is 1. The van der Waals surface area contributed by atoms with Gasteiger partial charge in [0, 0.05) is 12.1 Å². The van der Waals surface area contributed by atoms with Crippen LogP contribution in [0.4, 0.5) is 14.5 Å². The first kappa shape index (κ1) is 14.4. The van der Waals surface area contributed by atoms with Crippen molar-refractivity contribution >= 4 is 11.6 Å². The third-order valence-electron chi connectivity index (χ3n) is 4.66. The van der Waals surface area contributed by atoms with E-state index in [1.807, 2.05) is 0 Å². The zero-order valence-corrected chi connectivity index (χ0v) is 11.9. The Hall–Kier alpha value is -1.49. The van der Waals surface area contributed by atoms with Gasteiger partial charge < -0.3 is 10.6 Å². The van der Waals surface area contributed by atoms with E-state index in [0.29, 0.717) is 12.0 Å². The van der Waals surface area contributed by atoms with Crippen LogP contribution in [0.1, 0.15) is 38.5 Å². The Morgan fingerprint density at radius 2 is 1.95 bits per heavy atom. The molecule has 5 heteroatoms. The fraction of sp³-hybridized carbons (Fsp3) is 0.562. The van der Waals surface area contributed by atoms with Crippen molar-refractivity contribution in [3.05, 3.63) is 29.8 Å². The number of hydrogen-bond donors (Lipinski definition) is 2. The molecule has 1 aliphatic carbocycles. The molecule has 1 aliphatic heterocycles. The summed E-state index contributed by atoms with van der Waals surface area (Å²) in [6.45, 7) is 0. The monoisotopic (exact) mass is 294 g/mol. The van der Waals surface area contributed by atoms with Gasteiger partial charge in [-0.1, -0.05) is 12.8 Å². The Labute approximate surface area is 123 Å². The second-order valence-electron chi connectivity index (χ2n) is 6.06. The molecular formula is C16H20F2N2O. The van der Waals surface area contributed by atoms with Gasteiger partial charge in [0.05, 0.1) is 11.7 Å². The minimum Gasteiger partial charge on any atom is -0.322 e. The molecule has 2 fully saturated rings. The van der Waals surface area contributed by atoms with E-state index in [9.17, 15) is 13.6 Å². The summed E-state index contributed by atoms with van der Waals surface area (Å²) in [6, 6.07) is 3.30. The highest BCUT2D eigenvalue weighted by Gasteiger charge is 2.34. The maximum atomic E-state index is 13.6. The number of fused-ring (bicyclic) bond motifs is 1. The SMILES string of the molecule is O=C(Nc1ccc(F)cc1F)C1CCC2CCCCC2N1. The van der Waals surface area contributed by atoms with Crippen LogP contribution in [0.15, 0.2) is 18.2 Å². The Bertz CT molecular complexity index is 535. The largest absolute Gasteiger partial charge is 0.322 e. The number of halogens is 2. The van der Waals surface area contributed by atoms with Gasteiger partial charge in [0.2, 0.25) is 5.91 Å². The number of anilines is 1. The average Bonchev–Trinajstić information content (AvgIpc) is 2.49. The molecule has 21 heavy (non-hydrogen) atoms. The normalized spacial score (nSPS) is 28.8. The highest BCUT2D eigenvalue weighted by atomic mass is 19.1. The molecule has 3 nitrogen and oxygen atoms in total. The van der Waals surface area contributed by atoms with E-state index in [1.165, 1.54) is 25.3 Å². The molecular weight excluding hydrogens is 274 g/mol. The van der Waals surface area contributed by atoms with Gasteiger partial charge in [0.1, 0.15) is 11.6 Å². The molecule has 1 aromatic rings. The van der Waals surface area contributed by atoms with Crippen LogP contribution in [0.3, 0.4) is 0 Å². The summed E-state index contributed by atoms with van der Waals surface area (Å²) in [7, 11) is 0. The van der Waals surface area contributed by atoms with Gasteiger partial charge in [0.25, 0.3) is 0 Å². The van der Waals surface area contributed by atoms with Gasteiger partial charge in [-0.2, -0.15) is 0 Å². The van der Waals surface area contributed by atoms with E-state index >= 15 is 0 Å². The summed E-state index contributed by atoms with van der Waals surface area (Å²) in [6.07, 6.45) is 6.64. The number of amides is 1. The van der Waals surface area contributed by atoms with Gasteiger partial charge in [-0.25, -0.2) is 8.78 Å². The molecule has 2 N–H and O–H groups in total. The van der Waals surface area contributed by atoms with Crippen molar-refractivity contribution in [2.45, 2.75) is 50.6 Å². The topological polar surface area (TPSA) is 41.1 Å². The average molecular weight is 294 g/mol. The Morgan fingerprint density at radius 3 is 2.76 bits per heavy atom. The molecule has 3 rings (SSSR count). The van der Waals surface area contributed by atoms with Crippen LogP contribution in [-0.2, 0) is 4.79 Å². The van der Waals surface area contributed by atoms with Crippen molar-refractivity contribution in [1.82, 2.24) is 5.32 Å². The first-order valence-corrected chi connectivity index (χ1v) is 7.65. The third-order valence-corrected chi connectivity index (χ3v) is 4.66. The zero-order chi connectivity index (χ0) is 14.8.